The molecule has 5 rings (SSSR count). The Kier molecular flexibility index (Phi) is 4.27. The molecule has 138 valence electrons. The van der Waals surface area contributed by atoms with Crippen molar-refractivity contribution in [3.63, 3.8) is 0 Å². The van der Waals surface area contributed by atoms with E-state index in [0.29, 0.717) is 0 Å². The molecule has 0 saturated carbocycles. The molecule has 0 radical (unpaired) electrons. The highest BCUT2D eigenvalue weighted by molar-refractivity contribution is 7.21. The number of thiazole rings is 1. The summed E-state index contributed by atoms with van der Waals surface area (Å²) >= 11 is 1.67. The minimum Gasteiger partial charge on any atom is -0.457 e. The van der Waals surface area contributed by atoms with Gasteiger partial charge in [0, 0.05) is 39.1 Å². The third-order valence-corrected chi connectivity index (χ3v) is 6.09. The monoisotopic (exact) mass is 379 g/mol. The van der Waals surface area contributed by atoms with Gasteiger partial charge in [-0.25, -0.2) is 9.97 Å². The molecule has 27 heavy (non-hydrogen) atoms. The summed E-state index contributed by atoms with van der Waals surface area (Å²) in [5.41, 5.74) is 1.02. The summed E-state index contributed by atoms with van der Waals surface area (Å²) in [4.78, 5) is 11.7. The molecule has 0 aliphatic carbocycles. The Hall–Kier alpha value is -2.48. The number of fused-ring (bicyclic) bond motifs is 1. The Morgan fingerprint density at radius 1 is 1.26 bits per heavy atom. The number of hydrogen-bond donors (Lipinski definition) is 1. The summed E-state index contributed by atoms with van der Waals surface area (Å²) < 4.78 is 9.44. The first-order chi connectivity index (χ1) is 13.3. The van der Waals surface area contributed by atoms with E-state index >= 15 is 0 Å². The highest BCUT2D eigenvalue weighted by atomic mass is 32.1. The van der Waals surface area contributed by atoms with Crippen molar-refractivity contribution in [1.29, 1.82) is 0 Å². The molecule has 7 heteroatoms. The SMILES string of the molecule is Cn1ccnc1C1CNCCN1Cc1ccc(-c2nc3ccccc3s2)o1. The van der Waals surface area contributed by atoms with Gasteiger partial charge in [-0.2, -0.15) is 0 Å². The van der Waals surface area contributed by atoms with E-state index in [1.165, 1.54) is 4.70 Å². The summed E-state index contributed by atoms with van der Waals surface area (Å²) in [7, 11) is 2.05. The maximum Gasteiger partial charge on any atom is 0.163 e. The van der Waals surface area contributed by atoms with Crippen LogP contribution in [0.25, 0.3) is 21.0 Å². The Morgan fingerprint density at radius 3 is 3.04 bits per heavy atom. The van der Waals surface area contributed by atoms with Crippen LogP contribution >= 0.6 is 11.3 Å². The van der Waals surface area contributed by atoms with Crippen LogP contribution in [-0.4, -0.2) is 39.1 Å². The first kappa shape index (κ1) is 16.7. The fourth-order valence-corrected chi connectivity index (χ4v) is 4.57. The fraction of sp³-hybridized carbons (Fsp3) is 0.300. The van der Waals surface area contributed by atoms with Crippen molar-refractivity contribution in [2.75, 3.05) is 19.6 Å². The Morgan fingerprint density at radius 2 is 2.19 bits per heavy atom. The third-order valence-electron chi connectivity index (χ3n) is 5.04. The summed E-state index contributed by atoms with van der Waals surface area (Å²) in [6.45, 7) is 3.61. The molecule has 0 amide bonds. The van der Waals surface area contributed by atoms with Crippen LogP contribution in [0.5, 0.6) is 0 Å². The summed E-state index contributed by atoms with van der Waals surface area (Å²) in [6, 6.07) is 12.5. The first-order valence-corrected chi connectivity index (χ1v) is 9.96. The lowest BCUT2D eigenvalue weighted by Crippen LogP contribution is -2.46. The number of aryl methyl sites for hydroxylation is 1. The number of rotatable bonds is 4. The van der Waals surface area contributed by atoms with Gasteiger partial charge in [0.2, 0.25) is 0 Å². The maximum atomic E-state index is 6.16. The molecule has 4 heterocycles. The molecule has 1 saturated heterocycles. The molecule has 1 atom stereocenters. The van der Waals surface area contributed by atoms with Gasteiger partial charge in [-0.1, -0.05) is 12.1 Å². The number of benzene rings is 1. The van der Waals surface area contributed by atoms with E-state index in [9.17, 15) is 0 Å². The number of piperazine rings is 1. The predicted molar refractivity (Wildman–Crippen MR) is 107 cm³/mol. The van der Waals surface area contributed by atoms with Crippen LogP contribution < -0.4 is 5.32 Å². The van der Waals surface area contributed by atoms with Crippen molar-refractivity contribution >= 4 is 21.6 Å². The molecule has 1 unspecified atom stereocenters. The molecule has 1 fully saturated rings. The number of nitrogens with one attached hydrogen (secondary N) is 1. The van der Waals surface area contributed by atoms with Crippen LogP contribution in [0, 0.1) is 0 Å². The van der Waals surface area contributed by atoms with Crippen LogP contribution in [0.15, 0.2) is 53.2 Å². The van der Waals surface area contributed by atoms with Gasteiger partial charge in [0.05, 0.1) is 22.8 Å². The van der Waals surface area contributed by atoms with Crippen LogP contribution in [0.2, 0.25) is 0 Å². The Balaban J connectivity index is 1.38. The van der Waals surface area contributed by atoms with E-state index in [2.05, 4.69) is 31.9 Å². The number of furan rings is 1. The van der Waals surface area contributed by atoms with Crippen molar-refractivity contribution < 1.29 is 4.42 Å². The standard InChI is InChI=1S/C20H21N5OS/c1-24-10-9-22-19(24)16-12-21-8-11-25(16)13-14-6-7-17(26-14)20-23-15-4-2-3-5-18(15)27-20/h2-7,9-10,16,21H,8,11-13H2,1H3. The fourth-order valence-electron chi connectivity index (χ4n) is 3.64. The quantitative estimate of drug-likeness (QED) is 0.589. The van der Waals surface area contributed by atoms with E-state index < -0.39 is 0 Å². The average Bonchev–Trinajstić information content (AvgIpc) is 3.41. The van der Waals surface area contributed by atoms with Crippen LogP contribution in [0.3, 0.4) is 0 Å². The number of hydrogen-bond acceptors (Lipinski definition) is 6. The molecule has 6 nitrogen and oxygen atoms in total. The van der Waals surface area contributed by atoms with Crippen molar-refractivity contribution in [2.24, 2.45) is 7.05 Å². The zero-order valence-electron chi connectivity index (χ0n) is 15.1. The lowest BCUT2D eigenvalue weighted by atomic mass is 10.1. The first-order valence-electron chi connectivity index (χ1n) is 9.14. The molecule has 1 aliphatic heterocycles. The minimum absolute atomic E-state index is 0.245. The molecular formula is C20H21N5OS. The topological polar surface area (TPSA) is 59.1 Å². The molecule has 1 aromatic carbocycles. The van der Waals surface area contributed by atoms with E-state index in [4.69, 9.17) is 9.40 Å². The molecule has 0 bridgehead atoms. The Labute approximate surface area is 161 Å². The molecule has 3 aromatic heterocycles. The minimum atomic E-state index is 0.245. The van der Waals surface area contributed by atoms with Crippen molar-refractivity contribution in [3.8, 4) is 10.8 Å². The van der Waals surface area contributed by atoms with Crippen molar-refractivity contribution in [2.45, 2.75) is 12.6 Å². The average molecular weight is 379 g/mol. The number of para-hydroxylation sites is 1. The molecule has 1 aliphatic rings. The zero-order chi connectivity index (χ0) is 18.2. The zero-order valence-corrected chi connectivity index (χ0v) is 15.9. The lowest BCUT2D eigenvalue weighted by Gasteiger charge is -2.35. The van der Waals surface area contributed by atoms with Gasteiger partial charge in [0.15, 0.2) is 10.8 Å². The van der Waals surface area contributed by atoms with Gasteiger partial charge in [-0.15, -0.1) is 11.3 Å². The van der Waals surface area contributed by atoms with E-state index in [1.807, 2.05) is 43.7 Å². The summed E-state index contributed by atoms with van der Waals surface area (Å²) in [5, 5.41) is 4.41. The van der Waals surface area contributed by atoms with Crippen molar-refractivity contribution in [1.82, 2.24) is 24.8 Å². The van der Waals surface area contributed by atoms with Gasteiger partial charge in [0.1, 0.15) is 11.6 Å². The van der Waals surface area contributed by atoms with Crippen molar-refractivity contribution in [3.05, 3.63) is 60.4 Å². The second-order valence-electron chi connectivity index (χ2n) is 6.84. The second-order valence-corrected chi connectivity index (χ2v) is 7.87. The van der Waals surface area contributed by atoms with Crippen LogP contribution in [0.1, 0.15) is 17.6 Å². The number of aromatic nitrogens is 3. The van der Waals surface area contributed by atoms with E-state index in [1.54, 1.807) is 11.3 Å². The van der Waals surface area contributed by atoms with Gasteiger partial charge in [-0.3, -0.25) is 4.90 Å². The van der Waals surface area contributed by atoms with Crippen LogP contribution in [0.4, 0.5) is 0 Å². The highest BCUT2D eigenvalue weighted by Crippen LogP contribution is 2.32. The van der Waals surface area contributed by atoms with E-state index in [-0.39, 0.29) is 6.04 Å². The van der Waals surface area contributed by atoms with Gasteiger partial charge >= 0.3 is 0 Å². The van der Waals surface area contributed by atoms with Gasteiger partial charge in [-0.05, 0) is 24.3 Å². The van der Waals surface area contributed by atoms with Crippen LogP contribution in [-0.2, 0) is 13.6 Å². The number of nitrogens with zero attached hydrogens (tertiary/aromatic N) is 4. The molecule has 0 spiro atoms. The normalized spacial score (nSPS) is 18.3. The lowest BCUT2D eigenvalue weighted by molar-refractivity contribution is 0.135. The van der Waals surface area contributed by atoms with E-state index in [0.717, 1.165) is 54.0 Å². The molecule has 1 N–H and O–H groups in total. The summed E-state index contributed by atoms with van der Waals surface area (Å²) in [6.07, 6.45) is 3.86. The summed E-state index contributed by atoms with van der Waals surface area (Å²) in [5.74, 6) is 2.89. The molecule has 4 aromatic rings. The number of imidazole rings is 1. The highest BCUT2D eigenvalue weighted by Gasteiger charge is 2.27. The van der Waals surface area contributed by atoms with Gasteiger partial charge in [0.25, 0.3) is 0 Å². The molecular weight excluding hydrogens is 358 g/mol. The maximum absolute atomic E-state index is 6.16. The predicted octanol–water partition coefficient (Wildman–Crippen LogP) is 3.44. The second kappa shape index (κ2) is 6.92. The third kappa shape index (κ3) is 3.18. The smallest absolute Gasteiger partial charge is 0.163 e. The van der Waals surface area contributed by atoms with Gasteiger partial charge < -0.3 is 14.3 Å². The largest absolute Gasteiger partial charge is 0.457 e. The Bertz CT molecular complexity index is 1030.